The van der Waals surface area contributed by atoms with Gasteiger partial charge in [0, 0.05) is 17.3 Å². The molecule has 4 nitrogen and oxygen atoms in total. The van der Waals surface area contributed by atoms with E-state index in [1.54, 1.807) is 0 Å². The van der Waals surface area contributed by atoms with Crippen LogP contribution in [0.25, 0.3) is 5.70 Å². The molecule has 1 N–H and O–H groups in total. The standard InChI is InChI=1S/C27H38N4/c1-7-9-25(23-12-14-31(15-13-23)19(2)3)17-26-18-28-22(6)30-27(26)29-21(5)24-11-8-10-20(4)16-24/h8-11,16-17,19,23H,5,7,12-15,18H2,1-4,6H3,(H,28,29,30)/b25-9+,26-17+. The van der Waals surface area contributed by atoms with E-state index in [0.717, 1.165) is 34.9 Å². The van der Waals surface area contributed by atoms with Crippen molar-refractivity contribution in [3.8, 4) is 0 Å². The minimum absolute atomic E-state index is 0.607. The maximum Gasteiger partial charge on any atom is 0.137 e. The first-order valence-corrected chi connectivity index (χ1v) is 11.6. The van der Waals surface area contributed by atoms with Crippen LogP contribution in [0.1, 0.15) is 58.1 Å². The highest BCUT2D eigenvalue weighted by atomic mass is 15.1. The number of likely N-dealkylation sites (tertiary alicyclic amines) is 1. The number of nitrogens with one attached hydrogen (secondary N) is 1. The maximum absolute atomic E-state index is 4.74. The third-order valence-electron chi connectivity index (χ3n) is 6.20. The predicted octanol–water partition coefficient (Wildman–Crippen LogP) is 5.77. The summed E-state index contributed by atoms with van der Waals surface area (Å²) in [6.07, 6.45) is 8.20. The molecule has 2 heterocycles. The average Bonchev–Trinajstić information content (AvgIpc) is 2.75. The molecule has 0 aromatic heterocycles. The largest absolute Gasteiger partial charge is 0.340 e. The number of hydrogen-bond donors (Lipinski definition) is 1. The monoisotopic (exact) mass is 418 g/mol. The van der Waals surface area contributed by atoms with Gasteiger partial charge in [0.1, 0.15) is 11.7 Å². The van der Waals surface area contributed by atoms with Gasteiger partial charge in [-0.1, -0.05) is 49.4 Å². The fraction of sp³-hybridized carbons (Fsp3) is 0.481. The van der Waals surface area contributed by atoms with Crippen molar-refractivity contribution in [3.63, 3.8) is 0 Å². The molecule has 0 spiro atoms. The summed E-state index contributed by atoms with van der Waals surface area (Å²) in [5.74, 6) is 2.29. The van der Waals surface area contributed by atoms with E-state index in [1.165, 1.54) is 37.1 Å². The van der Waals surface area contributed by atoms with Crippen molar-refractivity contribution in [2.24, 2.45) is 15.9 Å². The van der Waals surface area contributed by atoms with Gasteiger partial charge in [-0.3, -0.25) is 4.99 Å². The van der Waals surface area contributed by atoms with Gasteiger partial charge in [-0.25, -0.2) is 4.99 Å². The molecule has 0 aliphatic carbocycles. The highest BCUT2D eigenvalue weighted by Gasteiger charge is 2.24. The van der Waals surface area contributed by atoms with Crippen molar-refractivity contribution in [1.29, 1.82) is 0 Å². The Bertz CT molecular complexity index is 909. The molecule has 0 saturated carbocycles. The van der Waals surface area contributed by atoms with Crippen LogP contribution in [0.3, 0.4) is 0 Å². The number of piperidine rings is 1. The first kappa shape index (κ1) is 23.2. The van der Waals surface area contributed by atoms with Gasteiger partial charge in [0.2, 0.25) is 0 Å². The normalized spacial score (nSPS) is 20.1. The van der Waals surface area contributed by atoms with Crippen LogP contribution >= 0.6 is 0 Å². The van der Waals surface area contributed by atoms with Crippen LogP contribution in [-0.4, -0.2) is 42.2 Å². The predicted molar refractivity (Wildman–Crippen MR) is 135 cm³/mol. The van der Waals surface area contributed by atoms with Gasteiger partial charge in [0.05, 0.1) is 6.54 Å². The minimum atomic E-state index is 0.607. The van der Waals surface area contributed by atoms with Crippen molar-refractivity contribution in [2.45, 2.75) is 59.9 Å². The van der Waals surface area contributed by atoms with Gasteiger partial charge in [0.15, 0.2) is 0 Å². The van der Waals surface area contributed by atoms with E-state index in [0.29, 0.717) is 18.5 Å². The average molecular weight is 419 g/mol. The zero-order valence-electron chi connectivity index (χ0n) is 19.9. The topological polar surface area (TPSA) is 40.0 Å². The molecule has 0 radical (unpaired) electrons. The molecule has 4 heteroatoms. The fourth-order valence-corrected chi connectivity index (χ4v) is 4.34. The second-order valence-electron chi connectivity index (χ2n) is 8.98. The van der Waals surface area contributed by atoms with E-state index in [-0.39, 0.29) is 0 Å². The number of benzene rings is 1. The van der Waals surface area contributed by atoms with Gasteiger partial charge < -0.3 is 10.2 Å². The van der Waals surface area contributed by atoms with Crippen LogP contribution in [0.5, 0.6) is 0 Å². The summed E-state index contributed by atoms with van der Waals surface area (Å²) in [6, 6.07) is 9.03. The van der Waals surface area contributed by atoms with Gasteiger partial charge in [0.25, 0.3) is 0 Å². The molecule has 0 atom stereocenters. The summed E-state index contributed by atoms with van der Waals surface area (Å²) < 4.78 is 0. The summed E-state index contributed by atoms with van der Waals surface area (Å²) in [5, 5.41) is 3.49. The molecule has 1 aromatic carbocycles. The van der Waals surface area contributed by atoms with Crippen molar-refractivity contribution in [1.82, 2.24) is 10.2 Å². The van der Waals surface area contributed by atoms with Gasteiger partial charge >= 0.3 is 0 Å². The van der Waals surface area contributed by atoms with Crippen LogP contribution in [0.2, 0.25) is 0 Å². The molecule has 2 aliphatic heterocycles. The third kappa shape index (κ3) is 6.27. The third-order valence-corrected chi connectivity index (χ3v) is 6.20. The summed E-state index contributed by atoms with van der Waals surface area (Å²) >= 11 is 0. The lowest BCUT2D eigenvalue weighted by Crippen LogP contribution is -2.38. The summed E-state index contributed by atoms with van der Waals surface area (Å²) in [6.45, 7) is 18.1. The van der Waals surface area contributed by atoms with Crippen molar-refractivity contribution in [2.75, 3.05) is 19.6 Å². The minimum Gasteiger partial charge on any atom is -0.340 e. The Morgan fingerprint density at radius 2 is 2.00 bits per heavy atom. The van der Waals surface area contributed by atoms with Crippen LogP contribution in [0.4, 0.5) is 0 Å². The highest BCUT2D eigenvalue weighted by Crippen LogP contribution is 2.28. The van der Waals surface area contributed by atoms with Crippen LogP contribution in [0.15, 0.2) is 64.1 Å². The van der Waals surface area contributed by atoms with Crippen molar-refractivity contribution >= 4 is 17.4 Å². The molecule has 0 bridgehead atoms. The van der Waals surface area contributed by atoms with E-state index in [1.807, 2.05) is 6.92 Å². The molecule has 31 heavy (non-hydrogen) atoms. The molecule has 3 rings (SSSR count). The SMILES string of the molecule is C=C(NC1=NC(C)=NC/C1=C\C(=C/CC)C1CCN(C(C)C)CC1)c1cccc(C)c1. The Labute approximate surface area is 188 Å². The molecule has 2 aliphatic rings. The quantitative estimate of drug-likeness (QED) is 0.637. The Balaban J connectivity index is 1.80. The zero-order valence-corrected chi connectivity index (χ0v) is 19.9. The Morgan fingerprint density at radius 3 is 2.65 bits per heavy atom. The number of hydrogen-bond acceptors (Lipinski definition) is 4. The van der Waals surface area contributed by atoms with E-state index in [9.17, 15) is 0 Å². The molecule has 0 amide bonds. The molecule has 0 unspecified atom stereocenters. The number of aliphatic imine (C=N–C) groups is 2. The zero-order chi connectivity index (χ0) is 22.4. The van der Waals surface area contributed by atoms with Crippen molar-refractivity contribution in [3.05, 3.63) is 65.3 Å². The van der Waals surface area contributed by atoms with Gasteiger partial charge in [-0.2, -0.15) is 0 Å². The molecular weight excluding hydrogens is 380 g/mol. The van der Waals surface area contributed by atoms with E-state index in [4.69, 9.17) is 4.99 Å². The highest BCUT2D eigenvalue weighted by molar-refractivity contribution is 6.10. The van der Waals surface area contributed by atoms with Crippen molar-refractivity contribution < 1.29 is 0 Å². The van der Waals surface area contributed by atoms with Crippen LogP contribution in [-0.2, 0) is 0 Å². The maximum atomic E-state index is 4.74. The first-order chi connectivity index (χ1) is 14.9. The Kier molecular flexibility index (Phi) is 8.03. The Morgan fingerprint density at radius 1 is 1.26 bits per heavy atom. The number of allylic oxidation sites excluding steroid dienone is 3. The number of nitrogens with zero attached hydrogens (tertiary/aromatic N) is 3. The summed E-state index contributed by atoms with van der Waals surface area (Å²) in [5.41, 5.74) is 5.76. The lowest BCUT2D eigenvalue weighted by atomic mass is 9.86. The summed E-state index contributed by atoms with van der Waals surface area (Å²) in [7, 11) is 0. The van der Waals surface area contributed by atoms with Crippen LogP contribution < -0.4 is 5.32 Å². The smallest absolute Gasteiger partial charge is 0.137 e. The van der Waals surface area contributed by atoms with E-state index < -0.39 is 0 Å². The van der Waals surface area contributed by atoms with Gasteiger partial charge in [-0.05, 0) is 83.2 Å². The molecule has 1 saturated heterocycles. The molecule has 166 valence electrons. The first-order valence-electron chi connectivity index (χ1n) is 11.6. The van der Waals surface area contributed by atoms with Gasteiger partial charge in [-0.15, -0.1) is 0 Å². The van der Waals surface area contributed by atoms with Crippen LogP contribution in [0, 0.1) is 12.8 Å². The lowest BCUT2D eigenvalue weighted by Gasteiger charge is -2.35. The number of amidine groups is 2. The molecule has 1 fully saturated rings. The second-order valence-corrected chi connectivity index (χ2v) is 8.98. The lowest BCUT2D eigenvalue weighted by molar-refractivity contribution is 0.162. The second kappa shape index (κ2) is 10.7. The van der Waals surface area contributed by atoms with E-state index >= 15 is 0 Å². The molecule has 1 aromatic rings. The Hall–Kier alpha value is -2.46. The fourth-order valence-electron chi connectivity index (χ4n) is 4.34. The van der Waals surface area contributed by atoms with E-state index in [2.05, 4.69) is 85.9 Å². The number of rotatable bonds is 6. The summed E-state index contributed by atoms with van der Waals surface area (Å²) in [4.78, 5) is 11.9. The number of aryl methyl sites for hydroxylation is 1. The molecular formula is C27H38N4.